The van der Waals surface area contributed by atoms with Crippen molar-refractivity contribution in [1.29, 1.82) is 0 Å². The molecule has 2 aliphatic rings. The molecule has 0 aromatic rings. The maximum atomic E-state index is 2.48. The highest BCUT2D eigenvalue weighted by molar-refractivity contribution is 5.57. The molecule has 2 atom stereocenters. The Balaban J connectivity index is 2.31. The molecule has 98 valence electrons. The Hall–Kier alpha value is -1.04. The van der Waals surface area contributed by atoms with Crippen molar-refractivity contribution in [3.63, 3.8) is 0 Å². The lowest BCUT2D eigenvalue weighted by atomic mass is 9.85. The standard InChI is InChI=1S/C18H26/c1-11(2)15-9-14(6)17(10-15)18-8-13(5)7-16(18)12(3)4/h7-12,15-16H,1-6H3. The molecule has 0 amide bonds. The maximum Gasteiger partial charge on any atom is 0.00527 e. The van der Waals surface area contributed by atoms with Gasteiger partial charge in [0.2, 0.25) is 0 Å². The molecule has 0 heterocycles. The van der Waals surface area contributed by atoms with E-state index in [9.17, 15) is 0 Å². The summed E-state index contributed by atoms with van der Waals surface area (Å²) in [7, 11) is 0. The van der Waals surface area contributed by atoms with Crippen LogP contribution in [0.5, 0.6) is 0 Å². The summed E-state index contributed by atoms with van der Waals surface area (Å²) < 4.78 is 0. The molecule has 2 rings (SSSR count). The van der Waals surface area contributed by atoms with Crippen LogP contribution in [0.2, 0.25) is 0 Å². The van der Waals surface area contributed by atoms with Gasteiger partial charge in [0.15, 0.2) is 0 Å². The second kappa shape index (κ2) is 4.91. The highest BCUT2D eigenvalue weighted by Crippen LogP contribution is 2.41. The van der Waals surface area contributed by atoms with Crippen LogP contribution in [0.3, 0.4) is 0 Å². The first-order valence-corrected chi connectivity index (χ1v) is 7.21. The van der Waals surface area contributed by atoms with E-state index in [0.717, 1.165) is 0 Å². The van der Waals surface area contributed by atoms with Gasteiger partial charge in [-0.2, -0.15) is 0 Å². The van der Waals surface area contributed by atoms with Crippen molar-refractivity contribution in [3.05, 3.63) is 46.6 Å². The lowest BCUT2D eigenvalue weighted by Crippen LogP contribution is -2.08. The summed E-state index contributed by atoms with van der Waals surface area (Å²) in [6, 6.07) is 0. The third-order valence-electron chi connectivity index (χ3n) is 4.21. The molecule has 0 radical (unpaired) electrons. The summed E-state index contributed by atoms with van der Waals surface area (Å²) in [5.41, 5.74) is 5.93. The average molecular weight is 242 g/mol. The Bertz CT molecular complexity index is 452. The first kappa shape index (κ1) is 13.4. The van der Waals surface area contributed by atoms with E-state index in [2.05, 4.69) is 65.8 Å². The average Bonchev–Trinajstić information content (AvgIpc) is 2.81. The molecular weight excluding hydrogens is 216 g/mol. The van der Waals surface area contributed by atoms with Gasteiger partial charge in [-0.15, -0.1) is 0 Å². The van der Waals surface area contributed by atoms with Gasteiger partial charge in [-0.1, -0.05) is 57.6 Å². The minimum atomic E-state index is 0.602. The van der Waals surface area contributed by atoms with Crippen LogP contribution in [-0.4, -0.2) is 0 Å². The molecule has 0 bridgehead atoms. The SMILES string of the molecule is CC1=CC(C(C)C)C(C2=CC(C(C)C)C=C2C)=C1. The van der Waals surface area contributed by atoms with Crippen LogP contribution in [0.4, 0.5) is 0 Å². The first-order chi connectivity index (χ1) is 8.40. The molecule has 0 aliphatic heterocycles. The van der Waals surface area contributed by atoms with Gasteiger partial charge < -0.3 is 0 Å². The number of hydrogen-bond donors (Lipinski definition) is 0. The molecular formula is C18H26. The highest BCUT2D eigenvalue weighted by atomic mass is 14.3. The fourth-order valence-electron chi connectivity index (χ4n) is 3.03. The quantitative estimate of drug-likeness (QED) is 0.629. The predicted octanol–water partition coefficient (Wildman–Crippen LogP) is 5.30. The van der Waals surface area contributed by atoms with Gasteiger partial charge in [-0.3, -0.25) is 0 Å². The maximum absolute atomic E-state index is 2.48. The van der Waals surface area contributed by atoms with E-state index in [0.29, 0.717) is 23.7 Å². The molecule has 0 saturated heterocycles. The fourth-order valence-corrected chi connectivity index (χ4v) is 3.03. The van der Waals surface area contributed by atoms with E-state index < -0.39 is 0 Å². The summed E-state index contributed by atoms with van der Waals surface area (Å²) in [6.07, 6.45) is 9.73. The molecule has 0 heteroatoms. The van der Waals surface area contributed by atoms with E-state index in [1.165, 1.54) is 16.7 Å². The third kappa shape index (κ3) is 2.39. The molecule has 2 unspecified atom stereocenters. The second-order valence-corrected chi connectivity index (χ2v) is 6.53. The Morgan fingerprint density at radius 2 is 1.56 bits per heavy atom. The van der Waals surface area contributed by atoms with Crippen LogP contribution in [0, 0.1) is 23.7 Å². The smallest absolute Gasteiger partial charge is 0.00527 e. The van der Waals surface area contributed by atoms with Crippen molar-refractivity contribution in [2.75, 3.05) is 0 Å². The van der Waals surface area contributed by atoms with Crippen LogP contribution in [-0.2, 0) is 0 Å². The topological polar surface area (TPSA) is 0 Å². The highest BCUT2D eigenvalue weighted by Gasteiger charge is 2.27. The largest absolute Gasteiger partial charge is 0.0738 e. The summed E-state index contributed by atoms with van der Waals surface area (Å²) in [5.74, 6) is 2.60. The molecule has 0 aromatic carbocycles. The van der Waals surface area contributed by atoms with Gasteiger partial charge in [-0.25, -0.2) is 0 Å². The molecule has 0 fully saturated rings. The number of hydrogen-bond acceptors (Lipinski definition) is 0. The summed E-state index contributed by atoms with van der Waals surface area (Å²) in [5, 5.41) is 0. The molecule has 0 N–H and O–H groups in total. The van der Waals surface area contributed by atoms with Crippen LogP contribution < -0.4 is 0 Å². The Labute approximate surface area is 112 Å². The zero-order valence-corrected chi connectivity index (χ0v) is 12.6. The van der Waals surface area contributed by atoms with Crippen LogP contribution in [0.15, 0.2) is 46.6 Å². The van der Waals surface area contributed by atoms with Crippen molar-refractivity contribution in [2.45, 2.75) is 41.5 Å². The van der Waals surface area contributed by atoms with E-state index in [1.54, 1.807) is 5.57 Å². The van der Waals surface area contributed by atoms with Crippen LogP contribution in [0.1, 0.15) is 41.5 Å². The van der Waals surface area contributed by atoms with E-state index >= 15 is 0 Å². The van der Waals surface area contributed by atoms with Gasteiger partial charge in [0.1, 0.15) is 0 Å². The van der Waals surface area contributed by atoms with E-state index in [4.69, 9.17) is 0 Å². The molecule has 0 saturated carbocycles. The van der Waals surface area contributed by atoms with Crippen molar-refractivity contribution in [1.82, 2.24) is 0 Å². The minimum Gasteiger partial charge on any atom is -0.0738 e. The van der Waals surface area contributed by atoms with Gasteiger partial charge >= 0.3 is 0 Å². The van der Waals surface area contributed by atoms with E-state index in [-0.39, 0.29) is 0 Å². The lowest BCUT2D eigenvalue weighted by Gasteiger charge is -2.19. The van der Waals surface area contributed by atoms with Crippen LogP contribution >= 0.6 is 0 Å². The Kier molecular flexibility index (Phi) is 3.66. The third-order valence-corrected chi connectivity index (χ3v) is 4.21. The van der Waals surface area contributed by atoms with Crippen molar-refractivity contribution < 1.29 is 0 Å². The summed E-state index contributed by atoms with van der Waals surface area (Å²) >= 11 is 0. The lowest BCUT2D eigenvalue weighted by molar-refractivity contribution is 0.534. The zero-order valence-electron chi connectivity index (χ0n) is 12.6. The summed E-state index contributed by atoms with van der Waals surface area (Å²) in [6.45, 7) is 13.7. The van der Waals surface area contributed by atoms with Crippen molar-refractivity contribution in [3.8, 4) is 0 Å². The molecule has 0 aromatic heterocycles. The minimum absolute atomic E-state index is 0.602. The van der Waals surface area contributed by atoms with Gasteiger partial charge in [-0.05, 0) is 48.3 Å². The fraction of sp³-hybridized carbons (Fsp3) is 0.556. The second-order valence-electron chi connectivity index (χ2n) is 6.53. The Morgan fingerprint density at radius 3 is 2.06 bits per heavy atom. The van der Waals surface area contributed by atoms with Crippen LogP contribution in [0.25, 0.3) is 0 Å². The predicted molar refractivity (Wildman–Crippen MR) is 80.3 cm³/mol. The van der Waals surface area contributed by atoms with E-state index in [1.807, 2.05) is 0 Å². The number of allylic oxidation sites excluding steroid dienone is 8. The van der Waals surface area contributed by atoms with Crippen molar-refractivity contribution in [2.24, 2.45) is 23.7 Å². The normalized spacial score (nSPS) is 27.6. The molecule has 2 aliphatic carbocycles. The number of rotatable bonds is 3. The molecule has 0 nitrogen and oxygen atoms in total. The zero-order chi connectivity index (χ0) is 13.4. The van der Waals surface area contributed by atoms with Crippen molar-refractivity contribution >= 4 is 0 Å². The molecule has 0 spiro atoms. The van der Waals surface area contributed by atoms with Gasteiger partial charge in [0.05, 0.1) is 0 Å². The molecule has 18 heavy (non-hydrogen) atoms. The monoisotopic (exact) mass is 242 g/mol. The van der Waals surface area contributed by atoms with Gasteiger partial charge in [0.25, 0.3) is 0 Å². The first-order valence-electron chi connectivity index (χ1n) is 7.21. The Morgan fingerprint density at radius 1 is 0.889 bits per heavy atom. The summed E-state index contributed by atoms with van der Waals surface area (Å²) in [4.78, 5) is 0. The van der Waals surface area contributed by atoms with Gasteiger partial charge in [0, 0.05) is 5.92 Å².